The molecule has 1 fully saturated rings. The molecule has 1 atom stereocenters. The molecule has 0 saturated carbocycles. The summed E-state index contributed by atoms with van der Waals surface area (Å²) in [6.45, 7) is 6.15. The number of carboxylic acids is 1. The summed E-state index contributed by atoms with van der Waals surface area (Å²) in [6.07, 6.45) is -0.182. The molecule has 7 heteroatoms. The molecule has 6 nitrogen and oxygen atoms in total. The fourth-order valence-electron chi connectivity index (χ4n) is 2.26. The standard InChI is InChI=1S/C16H20FNO5/c1-16(2,3)23-15(21)18-5-4-12(9-18)22-13-7-10(14(19)20)6-11(17)8-13/h6-8,12H,4-5,9H2,1-3H3,(H,19,20)/t12-/m0/s1. The van der Waals surface area contributed by atoms with Crippen LogP contribution in [0.5, 0.6) is 5.75 Å². The smallest absolute Gasteiger partial charge is 0.410 e. The Morgan fingerprint density at radius 2 is 2.00 bits per heavy atom. The lowest BCUT2D eigenvalue weighted by atomic mass is 10.2. The van der Waals surface area contributed by atoms with Crippen molar-refractivity contribution in [2.45, 2.75) is 38.9 Å². The Hall–Kier alpha value is -2.31. The van der Waals surface area contributed by atoms with Crippen molar-refractivity contribution >= 4 is 12.1 Å². The van der Waals surface area contributed by atoms with Gasteiger partial charge in [-0.1, -0.05) is 0 Å². The van der Waals surface area contributed by atoms with Crippen LogP contribution in [0.3, 0.4) is 0 Å². The summed E-state index contributed by atoms with van der Waals surface area (Å²) in [7, 11) is 0. The zero-order valence-corrected chi connectivity index (χ0v) is 13.3. The van der Waals surface area contributed by atoms with Gasteiger partial charge in [0.1, 0.15) is 23.3 Å². The minimum Gasteiger partial charge on any atom is -0.488 e. The Morgan fingerprint density at radius 3 is 2.61 bits per heavy atom. The van der Waals surface area contributed by atoms with Crippen LogP contribution in [0.15, 0.2) is 18.2 Å². The Kier molecular flexibility index (Phi) is 4.77. The van der Waals surface area contributed by atoms with E-state index < -0.39 is 23.5 Å². The van der Waals surface area contributed by atoms with Gasteiger partial charge in [0.2, 0.25) is 0 Å². The normalized spacial score (nSPS) is 17.9. The van der Waals surface area contributed by atoms with Crippen molar-refractivity contribution in [1.82, 2.24) is 4.90 Å². The number of nitrogens with zero attached hydrogens (tertiary/aromatic N) is 1. The van der Waals surface area contributed by atoms with Gasteiger partial charge in [-0.15, -0.1) is 0 Å². The second-order valence-electron chi connectivity index (χ2n) is 6.44. The number of carbonyl (C=O) groups excluding carboxylic acids is 1. The minimum absolute atomic E-state index is 0.137. The van der Waals surface area contributed by atoms with Crippen LogP contribution >= 0.6 is 0 Å². The number of benzene rings is 1. The molecule has 1 N–H and O–H groups in total. The third-order valence-electron chi connectivity index (χ3n) is 3.22. The number of carboxylic acid groups (broad SMARTS) is 1. The van der Waals surface area contributed by atoms with Crippen LogP contribution < -0.4 is 4.74 Å². The Morgan fingerprint density at radius 1 is 1.30 bits per heavy atom. The molecule has 23 heavy (non-hydrogen) atoms. The summed E-state index contributed by atoms with van der Waals surface area (Å²) < 4.78 is 24.3. The second-order valence-corrected chi connectivity index (χ2v) is 6.44. The lowest BCUT2D eigenvalue weighted by Gasteiger charge is -2.24. The first-order valence-corrected chi connectivity index (χ1v) is 7.32. The summed E-state index contributed by atoms with van der Waals surface area (Å²) in [5.74, 6) is -1.77. The highest BCUT2D eigenvalue weighted by atomic mass is 19.1. The molecule has 1 amide bonds. The van der Waals surface area contributed by atoms with Crippen LogP contribution in [0.2, 0.25) is 0 Å². The van der Waals surface area contributed by atoms with Gasteiger partial charge < -0.3 is 19.5 Å². The van der Waals surface area contributed by atoms with Crippen LogP contribution in [-0.4, -0.2) is 46.9 Å². The van der Waals surface area contributed by atoms with Crippen molar-refractivity contribution in [3.63, 3.8) is 0 Å². The van der Waals surface area contributed by atoms with Crippen LogP contribution in [0, 0.1) is 5.82 Å². The highest BCUT2D eigenvalue weighted by Crippen LogP contribution is 2.22. The largest absolute Gasteiger partial charge is 0.488 e. The molecule has 1 aromatic carbocycles. The molecule has 0 aliphatic carbocycles. The first-order chi connectivity index (χ1) is 10.6. The second kappa shape index (κ2) is 6.44. The maximum absolute atomic E-state index is 13.4. The molecule has 0 bridgehead atoms. The Labute approximate surface area is 133 Å². The molecular weight excluding hydrogens is 305 g/mol. The molecule has 0 unspecified atom stereocenters. The first kappa shape index (κ1) is 17.1. The number of amides is 1. The lowest BCUT2D eigenvalue weighted by Crippen LogP contribution is -2.36. The van der Waals surface area contributed by atoms with Gasteiger partial charge in [-0.25, -0.2) is 14.0 Å². The van der Waals surface area contributed by atoms with Crippen LogP contribution in [-0.2, 0) is 4.74 Å². The molecule has 0 aromatic heterocycles. The third kappa shape index (κ3) is 4.84. The van der Waals surface area contributed by atoms with Crippen LogP contribution in [0.4, 0.5) is 9.18 Å². The van der Waals surface area contributed by atoms with Gasteiger partial charge in [-0.05, 0) is 32.9 Å². The van der Waals surface area contributed by atoms with E-state index in [0.29, 0.717) is 19.5 Å². The summed E-state index contributed by atoms with van der Waals surface area (Å²) in [4.78, 5) is 24.4. The summed E-state index contributed by atoms with van der Waals surface area (Å²) in [5.41, 5.74) is -0.753. The Bertz CT molecular complexity index is 611. The predicted octanol–water partition coefficient (Wildman–Crippen LogP) is 2.91. The van der Waals surface area contributed by atoms with E-state index in [0.717, 1.165) is 12.1 Å². The molecular formula is C16H20FNO5. The average molecular weight is 325 g/mol. The van der Waals surface area contributed by atoms with Crippen molar-refractivity contribution in [3.8, 4) is 5.75 Å². The first-order valence-electron chi connectivity index (χ1n) is 7.32. The van der Waals surface area contributed by atoms with Crippen LogP contribution in [0.25, 0.3) is 0 Å². The molecule has 1 saturated heterocycles. The fraction of sp³-hybridized carbons (Fsp3) is 0.500. The van der Waals surface area contributed by atoms with E-state index in [1.54, 1.807) is 20.8 Å². The quantitative estimate of drug-likeness (QED) is 0.925. The number of likely N-dealkylation sites (tertiary alicyclic amines) is 1. The van der Waals surface area contributed by atoms with E-state index in [9.17, 15) is 14.0 Å². The van der Waals surface area contributed by atoms with Gasteiger partial charge in [0, 0.05) is 19.0 Å². The van der Waals surface area contributed by atoms with E-state index in [1.165, 1.54) is 11.0 Å². The number of rotatable bonds is 3. The maximum Gasteiger partial charge on any atom is 0.410 e. The average Bonchev–Trinajstić information content (AvgIpc) is 2.84. The summed E-state index contributed by atoms with van der Waals surface area (Å²) >= 11 is 0. The zero-order valence-electron chi connectivity index (χ0n) is 13.3. The van der Waals surface area contributed by atoms with Crippen molar-refractivity contribution in [3.05, 3.63) is 29.6 Å². The molecule has 0 radical (unpaired) electrons. The number of carbonyl (C=O) groups is 2. The number of hydrogen-bond donors (Lipinski definition) is 1. The third-order valence-corrected chi connectivity index (χ3v) is 3.22. The van der Waals surface area contributed by atoms with E-state index in [2.05, 4.69) is 0 Å². The lowest BCUT2D eigenvalue weighted by molar-refractivity contribution is 0.0275. The summed E-state index contributed by atoms with van der Waals surface area (Å²) in [5, 5.41) is 8.93. The van der Waals surface area contributed by atoms with Gasteiger partial charge in [0.25, 0.3) is 0 Å². The number of hydrogen-bond acceptors (Lipinski definition) is 4. The molecule has 126 valence electrons. The van der Waals surface area contributed by atoms with E-state index >= 15 is 0 Å². The van der Waals surface area contributed by atoms with Crippen LogP contribution in [0.1, 0.15) is 37.6 Å². The number of aromatic carboxylic acids is 1. The van der Waals surface area contributed by atoms with Crippen molar-refractivity contribution in [1.29, 1.82) is 0 Å². The summed E-state index contributed by atoms with van der Waals surface area (Å²) in [6, 6.07) is 3.32. The van der Waals surface area contributed by atoms with Crippen molar-refractivity contribution in [2.75, 3.05) is 13.1 Å². The van der Waals surface area contributed by atoms with Crippen molar-refractivity contribution in [2.24, 2.45) is 0 Å². The number of ether oxygens (including phenoxy) is 2. The highest BCUT2D eigenvalue weighted by molar-refractivity contribution is 5.88. The molecule has 1 aliphatic rings. The highest BCUT2D eigenvalue weighted by Gasteiger charge is 2.31. The van der Waals surface area contributed by atoms with Gasteiger partial charge in [-0.3, -0.25) is 0 Å². The number of halogens is 1. The topological polar surface area (TPSA) is 76.1 Å². The van der Waals surface area contributed by atoms with Gasteiger partial charge in [-0.2, -0.15) is 0 Å². The maximum atomic E-state index is 13.4. The predicted molar refractivity (Wildman–Crippen MR) is 80.2 cm³/mol. The molecule has 2 rings (SSSR count). The van der Waals surface area contributed by atoms with E-state index in [1.807, 2.05) is 0 Å². The zero-order chi connectivity index (χ0) is 17.2. The van der Waals surface area contributed by atoms with E-state index in [4.69, 9.17) is 14.6 Å². The minimum atomic E-state index is -1.23. The van der Waals surface area contributed by atoms with Gasteiger partial charge >= 0.3 is 12.1 Å². The molecule has 0 spiro atoms. The van der Waals surface area contributed by atoms with E-state index in [-0.39, 0.29) is 17.4 Å². The molecule has 1 aliphatic heterocycles. The molecule has 1 heterocycles. The SMILES string of the molecule is CC(C)(C)OC(=O)N1CC[C@H](Oc2cc(F)cc(C(=O)O)c2)C1. The Balaban J connectivity index is 1.98. The fourth-order valence-corrected chi connectivity index (χ4v) is 2.26. The van der Waals surface area contributed by atoms with Gasteiger partial charge in [0.15, 0.2) is 0 Å². The monoisotopic (exact) mass is 325 g/mol. The van der Waals surface area contributed by atoms with Gasteiger partial charge in [0.05, 0.1) is 12.1 Å². The molecule has 1 aromatic rings. The van der Waals surface area contributed by atoms with Crippen molar-refractivity contribution < 1.29 is 28.6 Å².